The Morgan fingerprint density at radius 1 is 1.24 bits per heavy atom. The number of urea groups is 1. The van der Waals surface area contributed by atoms with Gasteiger partial charge >= 0.3 is 6.03 Å². The number of carbonyl (C=O) groups is 1. The van der Waals surface area contributed by atoms with E-state index in [-0.39, 0.29) is 12.1 Å². The fraction of sp³-hybridized carbons (Fsp3) is 0.722. The Kier molecular flexibility index (Phi) is 5.01. The third-order valence-electron chi connectivity index (χ3n) is 5.81. The average Bonchev–Trinajstić information content (AvgIpc) is 3.30. The zero-order chi connectivity index (χ0) is 17.1. The van der Waals surface area contributed by atoms with Crippen molar-refractivity contribution >= 4 is 12.0 Å². The standard InChI is InChI=1S/C18H27N5O2/c24-18(22-14-4-1-2-5-14)23-9-6-13-12-25-16(15(13)11-23)10-21-17-19-7-3-8-20-17/h3,7-8,13-16H,1-2,4-6,9-12H2,(H,22,24)(H,19,20,21)/t13-,15-,16+/m1/s1. The number of hydrogen-bond donors (Lipinski definition) is 2. The molecule has 0 aromatic carbocycles. The lowest BCUT2D eigenvalue weighted by atomic mass is 9.84. The summed E-state index contributed by atoms with van der Waals surface area (Å²) in [5.41, 5.74) is 0. The van der Waals surface area contributed by atoms with E-state index in [1.807, 2.05) is 4.90 Å². The van der Waals surface area contributed by atoms with Crippen molar-refractivity contribution < 1.29 is 9.53 Å². The average molecular weight is 345 g/mol. The van der Waals surface area contributed by atoms with Crippen LogP contribution in [-0.4, -0.2) is 59.3 Å². The number of fused-ring (bicyclic) bond motifs is 1. The molecule has 2 saturated heterocycles. The molecule has 2 amide bonds. The van der Waals surface area contributed by atoms with E-state index in [1.165, 1.54) is 12.8 Å². The van der Waals surface area contributed by atoms with Crippen molar-refractivity contribution in [1.82, 2.24) is 20.2 Å². The van der Waals surface area contributed by atoms with Crippen molar-refractivity contribution in [2.45, 2.75) is 44.2 Å². The smallest absolute Gasteiger partial charge is 0.317 e. The Morgan fingerprint density at radius 2 is 2.04 bits per heavy atom. The molecule has 4 rings (SSSR count). The molecule has 136 valence electrons. The minimum atomic E-state index is 0.107. The van der Waals surface area contributed by atoms with Gasteiger partial charge < -0.3 is 20.3 Å². The molecule has 1 saturated carbocycles. The highest BCUT2D eigenvalue weighted by molar-refractivity contribution is 5.74. The first-order valence-corrected chi connectivity index (χ1v) is 9.47. The van der Waals surface area contributed by atoms with Crippen LogP contribution in [0.4, 0.5) is 10.7 Å². The summed E-state index contributed by atoms with van der Waals surface area (Å²) in [6.45, 7) is 3.10. The highest BCUT2D eigenvalue weighted by atomic mass is 16.5. The predicted molar refractivity (Wildman–Crippen MR) is 94.2 cm³/mol. The molecule has 3 atom stereocenters. The predicted octanol–water partition coefficient (Wildman–Crippen LogP) is 1.88. The van der Waals surface area contributed by atoms with E-state index >= 15 is 0 Å². The van der Waals surface area contributed by atoms with E-state index in [0.29, 0.717) is 30.4 Å². The molecule has 2 N–H and O–H groups in total. The van der Waals surface area contributed by atoms with Crippen LogP contribution in [0.3, 0.4) is 0 Å². The highest BCUT2D eigenvalue weighted by Gasteiger charge is 2.42. The quantitative estimate of drug-likeness (QED) is 0.871. The molecule has 3 fully saturated rings. The molecule has 7 nitrogen and oxygen atoms in total. The molecular formula is C18H27N5O2. The first-order chi connectivity index (χ1) is 12.3. The Hall–Kier alpha value is -1.89. The first-order valence-electron chi connectivity index (χ1n) is 9.47. The van der Waals surface area contributed by atoms with Gasteiger partial charge in [-0.05, 0) is 31.2 Å². The van der Waals surface area contributed by atoms with E-state index in [0.717, 1.165) is 39.0 Å². The maximum Gasteiger partial charge on any atom is 0.317 e. The summed E-state index contributed by atoms with van der Waals surface area (Å²) in [5.74, 6) is 1.57. The van der Waals surface area contributed by atoms with Gasteiger partial charge in [-0.3, -0.25) is 0 Å². The van der Waals surface area contributed by atoms with Gasteiger partial charge in [0, 0.05) is 44.0 Å². The van der Waals surface area contributed by atoms with Crippen molar-refractivity contribution in [2.24, 2.45) is 11.8 Å². The Bertz CT molecular complexity index is 578. The largest absolute Gasteiger partial charge is 0.376 e. The molecule has 25 heavy (non-hydrogen) atoms. The lowest BCUT2D eigenvalue weighted by Gasteiger charge is -2.36. The molecule has 0 radical (unpaired) electrons. The van der Waals surface area contributed by atoms with Gasteiger partial charge in [-0.1, -0.05) is 12.8 Å². The Balaban J connectivity index is 1.31. The minimum absolute atomic E-state index is 0.107. The Morgan fingerprint density at radius 3 is 2.84 bits per heavy atom. The van der Waals surface area contributed by atoms with Crippen LogP contribution in [0.5, 0.6) is 0 Å². The third kappa shape index (κ3) is 3.86. The van der Waals surface area contributed by atoms with Crippen LogP contribution in [-0.2, 0) is 4.74 Å². The van der Waals surface area contributed by atoms with Crippen LogP contribution < -0.4 is 10.6 Å². The van der Waals surface area contributed by atoms with Gasteiger partial charge in [-0.15, -0.1) is 0 Å². The normalized spacial score (nSPS) is 29.4. The van der Waals surface area contributed by atoms with Gasteiger partial charge in [0.05, 0.1) is 12.7 Å². The summed E-state index contributed by atoms with van der Waals surface area (Å²) in [5, 5.41) is 6.47. The molecule has 1 aromatic rings. The number of piperidine rings is 1. The van der Waals surface area contributed by atoms with Crippen LogP contribution in [0.15, 0.2) is 18.5 Å². The minimum Gasteiger partial charge on any atom is -0.376 e. The molecule has 0 unspecified atom stereocenters. The number of aromatic nitrogens is 2. The van der Waals surface area contributed by atoms with Crippen molar-refractivity contribution in [3.63, 3.8) is 0 Å². The summed E-state index contributed by atoms with van der Waals surface area (Å²) in [4.78, 5) is 22.9. The Labute approximate surface area is 148 Å². The van der Waals surface area contributed by atoms with Crippen LogP contribution in [0.1, 0.15) is 32.1 Å². The summed E-state index contributed by atoms with van der Waals surface area (Å²) in [6, 6.07) is 2.28. The number of nitrogens with one attached hydrogen (secondary N) is 2. The number of nitrogens with zero attached hydrogens (tertiary/aromatic N) is 3. The van der Waals surface area contributed by atoms with Crippen LogP contribution in [0.2, 0.25) is 0 Å². The molecular weight excluding hydrogens is 318 g/mol. The lowest BCUT2D eigenvalue weighted by Crippen LogP contribution is -2.51. The number of likely N-dealkylation sites (tertiary alicyclic amines) is 1. The van der Waals surface area contributed by atoms with E-state index in [9.17, 15) is 4.79 Å². The molecule has 7 heteroatoms. The molecule has 1 aromatic heterocycles. The molecule has 2 aliphatic heterocycles. The zero-order valence-electron chi connectivity index (χ0n) is 14.6. The van der Waals surface area contributed by atoms with Gasteiger partial charge in [0.1, 0.15) is 0 Å². The second-order valence-corrected chi connectivity index (χ2v) is 7.41. The van der Waals surface area contributed by atoms with Gasteiger partial charge in [0.25, 0.3) is 0 Å². The van der Waals surface area contributed by atoms with Gasteiger partial charge in [-0.2, -0.15) is 0 Å². The fourth-order valence-electron chi connectivity index (χ4n) is 4.34. The van der Waals surface area contributed by atoms with Crippen molar-refractivity contribution in [3.05, 3.63) is 18.5 Å². The highest BCUT2D eigenvalue weighted by Crippen LogP contribution is 2.34. The van der Waals surface area contributed by atoms with Crippen LogP contribution in [0.25, 0.3) is 0 Å². The molecule has 1 aliphatic carbocycles. The number of ether oxygens (including phenoxy) is 1. The third-order valence-corrected chi connectivity index (χ3v) is 5.81. The van der Waals surface area contributed by atoms with Gasteiger partial charge in [-0.25, -0.2) is 14.8 Å². The molecule has 3 aliphatic rings. The maximum atomic E-state index is 12.6. The van der Waals surface area contributed by atoms with Gasteiger partial charge in [0.15, 0.2) is 0 Å². The SMILES string of the molecule is O=C(NC1CCCC1)N1CC[C@@H]2CO[C@@H](CNc3ncccn3)[C@@H]2C1. The maximum absolute atomic E-state index is 12.6. The van der Waals surface area contributed by atoms with E-state index in [1.54, 1.807) is 18.5 Å². The first kappa shape index (κ1) is 16.6. The summed E-state index contributed by atoms with van der Waals surface area (Å²) < 4.78 is 6.01. The van der Waals surface area contributed by atoms with E-state index in [2.05, 4.69) is 20.6 Å². The van der Waals surface area contributed by atoms with Crippen LogP contribution >= 0.6 is 0 Å². The summed E-state index contributed by atoms with van der Waals surface area (Å²) in [6.07, 6.45) is 9.30. The topological polar surface area (TPSA) is 79.4 Å². The summed E-state index contributed by atoms with van der Waals surface area (Å²) >= 11 is 0. The zero-order valence-corrected chi connectivity index (χ0v) is 14.6. The van der Waals surface area contributed by atoms with E-state index in [4.69, 9.17) is 4.74 Å². The molecule has 0 bridgehead atoms. The van der Waals surface area contributed by atoms with Crippen LogP contribution in [0, 0.1) is 11.8 Å². The lowest BCUT2D eigenvalue weighted by molar-refractivity contribution is 0.0901. The van der Waals surface area contributed by atoms with Crippen molar-refractivity contribution in [3.8, 4) is 0 Å². The number of amides is 2. The molecule has 3 heterocycles. The number of hydrogen-bond acceptors (Lipinski definition) is 5. The monoisotopic (exact) mass is 345 g/mol. The fourth-order valence-corrected chi connectivity index (χ4v) is 4.34. The molecule has 0 spiro atoms. The van der Waals surface area contributed by atoms with Crippen molar-refractivity contribution in [1.29, 1.82) is 0 Å². The second kappa shape index (κ2) is 7.56. The summed E-state index contributed by atoms with van der Waals surface area (Å²) in [7, 11) is 0. The second-order valence-electron chi connectivity index (χ2n) is 7.41. The number of rotatable bonds is 4. The number of carbonyl (C=O) groups excluding carboxylic acids is 1. The van der Waals surface area contributed by atoms with E-state index < -0.39 is 0 Å². The van der Waals surface area contributed by atoms with Gasteiger partial charge in [0.2, 0.25) is 5.95 Å². The number of anilines is 1. The van der Waals surface area contributed by atoms with Crippen molar-refractivity contribution in [2.75, 3.05) is 31.6 Å².